The quantitative estimate of drug-likeness (QED) is 0.704. The van der Waals surface area contributed by atoms with Crippen molar-refractivity contribution in [3.05, 3.63) is 34.4 Å². The lowest BCUT2D eigenvalue weighted by molar-refractivity contribution is -0.138. The molecule has 2 unspecified atom stereocenters. The number of carbonyl (C=O) groups excluding carboxylic acids is 2. The van der Waals surface area contributed by atoms with Crippen LogP contribution in [0.1, 0.15) is 67.7 Å². The molecule has 0 aromatic heterocycles. The van der Waals surface area contributed by atoms with E-state index in [2.05, 4.69) is 0 Å². The largest absolute Gasteiger partial charge is 0.444 e. The Bertz CT molecular complexity index is 814. The van der Waals surface area contributed by atoms with Crippen LogP contribution in [-0.4, -0.2) is 46.5 Å². The van der Waals surface area contributed by atoms with Crippen LogP contribution in [0.2, 0.25) is 0 Å². The maximum absolute atomic E-state index is 13.6. The Labute approximate surface area is 162 Å². The molecule has 2 amide bonds. The highest BCUT2D eigenvalue weighted by atomic mass is 19.4. The molecule has 1 saturated heterocycles. The molecule has 5 nitrogen and oxygen atoms in total. The lowest BCUT2D eigenvalue weighted by atomic mass is 9.91. The Hall–Kier alpha value is -2.25. The molecule has 0 radical (unpaired) electrons. The number of benzene rings is 1. The maximum atomic E-state index is 13.6. The van der Waals surface area contributed by atoms with Crippen LogP contribution >= 0.6 is 0 Å². The summed E-state index contributed by atoms with van der Waals surface area (Å²) >= 11 is 0. The van der Waals surface area contributed by atoms with Crippen molar-refractivity contribution >= 4 is 12.0 Å². The van der Waals surface area contributed by atoms with E-state index in [0.29, 0.717) is 17.5 Å². The summed E-state index contributed by atoms with van der Waals surface area (Å²) in [6.45, 7) is 9.16. The van der Waals surface area contributed by atoms with E-state index >= 15 is 0 Å². The third kappa shape index (κ3) is 3.44. The van der Waals surface area contributed by atoms with Crippen molar-refractivity contribution < 1.29 is 27.5 Å². The number of rotatable bonds is 1. The molecule has 0 bridgehead atoms. The molecule has 2 aliphatic rings. The Morgan fingerprint density at radius 2 is 1.86 bits per heavy atom. The van der Waals surface area contributed by atoms with Gasteiger partial charge in [0.2, 0.25) is 0 Å². The summed E-state index contributed by atoms with van der Waals surface area (Å²) in [6.07, 6.45) is -4.72. The normalized spacial score (nSPS) is 22.2. The average Bonchev–Trinajstić information content (AvgIpc) is 2.85. The topological polar surface area (TPSA) is 49.9 Å². The van der Waals surface area contributed by atoms with Gasteiger partial charge in [0.25, 0.3) is 5.91 Å². The van der Waals surface area contributed by atoms with Crippen molar-refractivity contribution in [1.29, 1.82) is 0 Å². The number of amides is 2. The maximum Gasteiger partial charge on any atom is 0.417 e. The second-order valence-electron chi connectivity index (χ2n) is 8.32. The fraction of sp³-hybridized carbons (Fsp3) is 0.600. The number of hydrogen-bond donors (Lipinski definition) is 0. The van der Waals surface area contributed by atoms with Crippen molar-refractivity contribution in [2.45, 2.75) is 64.9 Å². The number of halogens is 3. The molecule has 1 aromatic carbocycles. The van der Waals surface area contributed by atoms with E-state index in [9.17, 15) is 22.8 Å². The summed E-state index contributed by atoms with van der Waals surface area (Å²) in [7, 11) is 0. The molecule has 2 atom stereocenters. The van der Waals surface area contributed by atoms with E-state index in [4.69, 9.17) is 4.74 Å². The Morgan fingerprint density at radius 3 is 2.39 bits per heavy atom. The molecular weight excluding hydrogens is 373 g/mol. The molecule has 0 spiro atoms. The summed E-state index contributed by atoms with van der Waals surface area (Å²) < 4.78 is 46.4. The number of alkyl halides is 3. The zero-order valence-electron chi connectivity index (χ0n) is 16.7. The lowest BCUT2D eigenvalue weighted by Crippen LogP contribution is -2.55. The summed E-state index contributed by atoms with van der Waals surface area (Å²) in [5.41, 5.74) is -1.000. The minimum absolute atomic E-state index is 0.167. The first-order valence-electron chi connectivity index (χ1n) is 9.39. The van der Waals surface area contributed by atoms with Gasteiger partial charge in [0.05, 0.1) is 23.2 Å². The summed E-state index contributed by atoms with van der Waals surface area (Å²) in [5, 5.41) is 0. The minimum atomic E-state index is -4.62. The summed E-state index contributed by atoms with van der Waals surface area (Å²) in [6, 6.07) is 1.62. The van der Waals surface area contributed by atoms with Gasteiger partial charge in [-0.1, -0.05) is 13.0 Å². The molecule has 28 heavy (non-hydrogen) atoms. The standard InChI is InChI=1S/C20H25F3N2O3/c1-6-12-9-13-15(14(10-12)20(21,22)23)17(26)25-8-7-24(11(2)16(13)25)18(27)28-19(3,4)5/h9-11,16H,6-8H2,1-5H3. The third-order valence-electron chi connectivity index (χ3n) is 5.23. The van der Waals surface area contributed by atoms with Crippen LogP contribution in [0.5, 0.6) is 0 Å². The molecule has 1 fully saturated rings. The number of aryl methyl sites for hydroxylation is 1. The Balaban J connectivity index is 2.05. The minimum Gasteiger partial charge on any atom is -0.444 e. The van der Waals surface area contributed by atoms with Gasteiger partial charge in [-0.15, -0.1) is 0 Å². The van der Waals surface area contributed by atoms with Gasteiger partial charge in [-0.25, -0.2) is 4.79 Å². The van der Waals surface area contributed by atoms with Crippen LogP contribution in [0.3, 0.4) is 0 Å². The zero-order chi connectivity index (χ0) is 21.0. The number of hydrogen-bond acceptors (Lipinski definition) is 3. The predicted molar refractivity (Wildman–Crippen MR) is 97.0 cm³/mol. The van der Waals surface area contributed by atoms with Gasteiger partial charge in [-0.3, -0.25) is 4.79 Å². The van der Waals surface area contributed by atoms with Crippen molar-refractivity contribution in [2.24, 2.45) is 0 Å². The second kappa shape index (κ2) is 6.67. The Kier molecular flexibility index (Phi) is 4.88. The van der Waals surface area contributed by atoms with Crippen LogP contribution in [-0.2, 0) is 17.3 Å². The zero-order valence-corrected chi connectivity index (χ0v) is 16.7. The van der Waals surface area contributed by atoms with Crippen LogP contribution in [0.4, 0.5) is 18.0 Å². The fourth-order valence-electron chi connectivity index (χ4n) is 3.99. The van der Waals surface area contributed by atoms with Gasteiger partial charge in [0.15, 0.2) is 0 Å². The monoisotopic (exact) mass is 398 g/mol. The number of fused-ring (bicyclic) bond motifs is 3. The molecule has 2 heterocycles. The van der Waals surface area contributed by atoms with Crippen LogP contribution in [0, 0.1) is 0 Å². The summed E-state index contributed by atoms with van der Waals surface area (Å²) in [4.78, 5) is 28.4. The highest BCUT2D eigenvalue weighted by Gasteiger charge is 2.50. The van der Waals surface area contributed by atoms with E-state index in [1.165, 1.54) is 9.80 Å². The van der Waals surface area contributed by atoms with Crippen molar-refractivity contribution in [3.63, 3.8) is 0 Å². The van der Waals surface area contributed by atoms with E-state index in [-0.39, 0.29) is 18.7 Å². The van der Waals surface area contributed by atoms with Gasteiger partial charge in [-0.05, 0) is 51.3 Å². The second-order valence-corrected chi connectivity index (χ2v) is 8.32. The van der Waals surface area contributed by atoms with Crippen molar-refractivity contribution in [2.75, 3.05) is 13.1 Å². The van der Waals surface area contributed by atoms with E-state index in [1.54, 1.807) is 40.7 Å². The van der Waals surface area contributed by atoms with Crippen LogP contribution in [0.15, 0.2) is 12.1 Å². The third-order valence-corrected chi connectivity index (χ3v) is 5.23. The van der Waals surface area contributed by atoms with E-state index < -0.39 is 41.4 Å². The SMILES string of the molecule is CCc1cc2c(c(C(F)(F)F)c1)C(=O)N1CCN(C(=O)OC(C)(C)C)C(C)C21. The first-order valence-corrected chi connectivity index (χ1v) is 9.39. The molecule has 0 aliphatic carbocycles. The highest BCUT2D eigenvalue weighted by Crippen LogP contribution is 2.45. The number of ether oxygens (including phenoxy) is 1. The molecule has 154 valence electrons. The first kappa shape index (κ1) is 20.5. The molecule has 1 aromatic rings. The van der Waals surface area contributed by atoms with Gasteiger partial charge >= 0.3 is 12.3 Å². The lowest BCUT2D eigenvalue weighted by Gasteiger charge is -2.43. The molecule has 0 N–H and O–H groups in total. The van der Waals surface area contributed by atoms with Gasteiger partial charge < -0.3 is 14.5 Å². The smallest absolute Gasteiger partial charge is 0.417 e. The molecule has 3 rings (SSSR count). The highest BCUT2D eigenvalue weighted by molar-refractivity contribution is 6.01. The van der Waals surface area contributed by atoms with E-state index in [0.717, 1.165) is 6.07 Å². The van der Waals surface area contributed by atoms with Crippen LogP contribution in [0.25, 0.3) is 0 Å². The Morgan fingerprint density at radius 1 is 1.21 bits per heavy atom. The molecular formula is C20H25F3N2O3. The molecule has 0 saturated carbocycles. The molecule has 8 heteroatoms. The van der Waals surface area contributed by atoms with E-state index in [1.807, 2.05) is 0 Å². The number of piperazine rings is 1. The first-order chi connectivity index (χ1) is 12.8. The van der Waals surface area contributed by atoms with Crippen molar-refractivity contribution in [1.82, 2.24) is 9.80 Å². The van der Waals surface area contributed by atoms with Crippen molar-refractivity contribution in [3.8, 4) is 0 Å². The van der Waals surface area contributed by atoms with Gasteiger partial charge in [-0.2, -0.15) is 13.2 Å². The summed E-state index contributed by atoms with van der Waals surface area (Å²) in [5.74, 6) is -0.620. The number of nitrogens with zero attached hydrogens (tertiary/aromatic N) is 2. The average molecular weight is 398 g/mol. The molecule has 2 aliphatic heterocycles. The van der Waals surface area contributed by atoms with Gasteiger partial charge in [0, 0.05) is 13.1 Å². The predicted octanol–water partition coefficient (Wildman–Crippen LogP) is 4.40. The number of carbonyl (C=O) groups is 2. The van der Waals surface area contributed by atoms with Crippen LogP contribution < -0.4 is 0 Å². The fourth-order valence-corrected chi connectivity index (χ4v) is 3.99. The van der Waals surface area contributed by atoms with Gasteiger partial charge in [0.1, 0.15) is 5.60 Å².